The van der Waals surface area contributed by atoms with Crippen molar-refractivity contribution in [3.63, 3.8) is 0 Å². The van der Waals surface area contributed by atoms with Crippen molar-refractivity contribution in [2.45, 2.75) is 25.9 Å². The Morgan fingerprint density at radius 3 is 2.67 bits per heavy atom. The van der Waals surface area contributed by atoms with E-state index in [1.807, 2.05) is 47.0 Å². The van der Waals surface area contributed by atoms with Gasteiger partial charge in [0.05, 0.1) is 0 Å². The molecule has 0 radical (unpaired) electrons. The maximum Gasteiger partial charge on any atom is 0.317 e. The number of nitrogens with one attached hydrogen (secondary N) is 1. The van der Waals surface area contributed by atoms with Gasteiger partial charge in [-0.1, -0.05) is 42.5 Å². The Hall–Kier alpha value is -2.60. The Morgan fingerprint density at radius 2 is 1.96 bits per heavy atom. The maximum atomic E-state index is 12.4. The fourth-order valence-electron chi connectivity index (χ4n) is 3.17. The van der Waals surface area contributed by atoms with Crippen LogP contribution in [0.1, 0.15) is 18.9 Å². The average molecular weight is 367 g/mol. The zero-order valence-electron chi connectivity index (χ0n) is 16.0. The van der Waals surface area contributed by atoms with E-state index in [9.17, 15) is 4.79 Å². The fraction of sp³-hybridized carbons (Fsp3) is 0.429. The molecule has 0 bridgehead atoms. The Kier molecular flexibility index (Phi) is 7.04. The number of piperazine rings is 1. The number of urea groups is 1. The van der Waals surface area contributed by atoms with Crippen LogP contribution in [0, 0.1) is 0 Å². The summed E-state index contributed by atoms with van der Waals surface area (Å²) >= 11 is 0. The van der Waals surface area contributed by atoms with Crippen LogP contribution in [0.25, 0.3) is 6.08 Å². The van der Waals surface area contributed by atoms with Crippen molar-refractivity contribution < 1.29 is 4.79 Å². The van der Waals surface area contributed by atoms with Crippen molar-refractivity contribution >= 4 is 12.1 Å². The number of hydrogen-bond acceptors (Lipinski definition) is 3. The highest BCUT2D eigenvalue weighted by molar-refractivity contribution is 5.74. The molecular weight excluding hydrogens is 338 g/mol. The van der Waals surface area contributed by atoms with E-state index < -0.39 is 0 Å². The Bertz CT molecular complexity index is 705. The second kappa shape index (κ2) is 9.92. The van der Waals surface area contributed by atoms with E-state index in [0.717, 1.165) is 45.7 Å². The molecule has 0 aliphatic carbocycles. The quantitative estimate of drug-likeness (QED) is 0.819. The van der Waals surface area contributed by atoms with Crippen LogP contribution < -0.4 is 5.32 Å². The number of benzene rings is 1. The monoisotopic (exact) mass is 367 g/mol. The molecule has 6 nitrogen and oxygen atoms in total. The molecule has 2 amide bonds. The highest BCUT2D eigenvalue weighted by atomic mass is 16.2. The van der Waals surface area contributed by atoms with E-state index in [2.05, 4.69) is 39.6 Å². The first-order valence-corrected chi connectivity index (χ1v) is 9.67. The van der Waals surface area contributed by atoms with E-state index in [1.165, 1.54) is 5.56 Å². The Balaban J connectivity index is 1.34. The van der Waals surface area contributed by atoms with Gasteiger partial charge in [-0.2, -0.15) is 5.10 Å². The van der Waals surface area contributed by atoms with Crippen molar-refractivity contribution in [2.24, 2.45) is 0 Å². The van der Waals surface area contributed by atoms with Gasteiger partial charge in [-0.05, 0) is 25.0 Å². The van der Waals surface area contributed by atoms with Gasteiger partial charge < -0.3 is 10.2 Å². The smallest absolute Gasteiger partial charge is 0.317 e. The van der Waals surface area contributed by atoms with Gasteiger partial charge in [0, 0.05) is 57.7 Å². The summed E-state index contributed by atoms with van der Waals surface area (Å²) in [5, 5.41) is 7.30. The Morgan fingerprint density at radius 1 is 1.19 bits per heavy atom. The molecule has 1 aliphatic rings. The topological polar surface area (TPSA) is 53.4 Å². The summed E-state index contributed by atoms with van der Waals surface area (Å²) in [7, 11) is 0. The van der Waals surface area contributed by atoms with Crippen LogP contribution in [0.4, 0.5) is 4.79 Å². The maximum absolute atomic E-state index is 12.4. The van der Waals surface area contributed by atoms with Crippen LogP contribution in [-0.2, 0) is 6.54 Å². The van der Waals surface area contributed by atoms with Crippen molar-refractivity contribution in [2.75, 3.05) is 32.7 Å². The molecule has 1 aromatic heterocycles. The number of amides is 2. The van der Waals surface area contributed by atoms with Gasteiger partial charge in [0.2, 0.25) is 0 Å². The first kappa shape index (κ1) is 19.2. The van der Waals surface area contributed by atoms with Crippen molar-refractivity contribution in [1.82, 2.24) is 24.9 Å². The molecule has 27 heavy (non-hydrogen) atoms. The molecule has 2 heterocycles. The fourth-order valence-corrected chi connectivity index (χ4v) is 3.17. The van der Waals surface area contributed by atoms with Gasteiger partial charge in [0.25, 0.3) is 0 Å². The molecule has 0 spiro atoms. The van der Waals surface area contributed by atoms with E-state index in [-0.39, 0.29) is 12.1 Å². The number of aryl methyl sites for hydroxylation is 1. The standard InChI is InChI=1S/C21H29N5O/c1-19(10-14-26-13-6-11-22-26)23-21(27)25-17-15-24(16-18-25)12-5-9-20-7-3-2-4-8-20/h2-9,11,13,19H,10,12,14-18H2,1H3,(H,23,27)/b9-5+/t19-/m1/s1. The number of hydrogen-bond donors (Lipinski definition) is 1. The number of carbonyl (C=O) groups excluding carboxylic acids is 1. The van der Waals surface area contributed by atoms with Crippen molar-refractivity contribution in [3.05, 3.63) is 60.4 Å². The zero-order chi connectivity index (χ0) is 18.9. The normalized spacial score (nSPS) is 16.6. The first-order chi connectivity index (χ1) is 13.2. The SMILES string of the molecule is C[C@H](CCn1cccn1)NC(=O)N1CCN(C/C=C/c2ccccc2)CC1. The molecule has 1 atom stereocenters. The van der Waals surface area contributed by atoms with Crippen molar-refractivity contribution in [1.29, 1.82) is 0 Å². The summed E-state index contributed by atoms with van der Waals surface area (Å²) in [6.45, 7) is 7.16. The number of aromatic nitrogens is 2. The minimum atomic E-state index is 0.0439. The van der Waals surface area contributed by atoms with Crippen LogP contribution in [0.15, 0.2) is 54.9 Å². The molecule has 1 fully saturated rings. The lowest BCUT2D eigenvalue weighted by Crippen LogP contribution is -2.53. The summed E-state index contributed by atoms with van der Waals surface area (Å²) in [5.74, 6) is 0. The molecule has 0 unspecified atom stereocenters. The summed E-state index contributed by atoms with van der Waals surface area (Å²) in [5.41, 5.74) is 1.22. The summed E-state index contributed by atoms with van der Waals surface area (Å²) in [4.78, 5) is 16.7. The average Bonchev–Trinajstić information content (AvgIpc) is 3.21. The van der Waals surface area contributed by atoms with E-state index >= 15 is 0 Å². The van der Waals surface area contributed by atoms with Gasteiger partial charge in [0.1, 0.15) is 0 Å². The van der Waals surface area contributed by atoms with Gasteiger partial charge in [-0.15, -0.1) is 0 Å². The molecule has 1 aromatic carbocycles. The lowest BCUT2D eigenvalue weighted by molar-refractivity contribution is 0.144. The molecule has 144 valence electrons. The number of carbonyl (C=O) groups is 1. The van der Waals surface area contributed by atoms with Crippen LogP contribution in [0.3, 0.4) is 0 Å². The van der Waals surface area contributed by atoms with Gasteiger partial charge in [-0.25, -0.2) is 4.79 Å². The largest absolute Gasteiger partial charge is 0.335 e. The second-order valence-corrected chi connectivity index (χ2v) is 7.01. The molecule has 3 rings (SSSR count). The lowest BCUT2D eigenvalue weighted by atomic mass is 10.2. The second-order valence-electron chi connectivity index (χ2n) is 7.01. The molecule has 0 saturated carbocycles. The third kappa shape index (κ3) is 6.25. The van der Waals surface area contributed by atoms with Crippen molar-refractivity contribution in [3.8, 4) is 0 Å². The number of nitrogens with zero attached hydrogens (tertiary/aromatic N) is 4. The minimum absolute atomic E-state index is 0.0439. The summed E-state index contributed by atoms with van der Waals surface area (Å²) < 4.78 is 1.89. The lowest BCUT2D eigenvalue weighted by Gasteiger charge is -2.34. The predicted octanol–water partition coefficient (Wildman–Crippen LogP) is 2.70. The van der Waals surface area contributed by atoms with Gasteiger partial charge in [0.15, 0.2) is 0 Å². The molecule has 2 aromatic rings. The molecule has 1 N–H and O–H groups in total. The van der Waals surface area contributed by atoms with Gasteiger partial charge in [-0.3, -0.25) is 9.58 Å². The highest BCUT2D eigenvalue weighted by Crippen LogP contribution is 2.06. The van der Waals surface area contributed by atoms with E-state index in [1.54, 1.807) is 6.20 Å². The molecule has 6 heteroatoms. The molecule has 1 aliphatic heterocycles. The minimum Gasteiger partial charge on any atom is -0.335 e. The molecule has 1 saturated heterocycles. The zero-order valence-corrected chi connectivity index (χ0v) is 16.0. The third-order valence-corrected chi connectivity index (χ3v) is 4.85. The van der Waals surface area contributed by atoms with Crippen LogP contribution in [-0.4, -0.2) is 64.4 Å². The van der Waals surface area contributed by atoms with E-state index in [4.69, 9.17) is 0 Å². The third-order valence-electron chi connectivity index (χ3n) is 4.85. The van der Waals surface area contributed by atoms with Crippen LogP contribution in [0.5, 0.6) is 0 Å². The predicted molar refractivity (Wildman–Crippen MR) is 108 cm³/mol. The van der Waals surface area contributed by atoms with E-state index in [0.29, 0.717) is 0 Å². The van der Waals surface area contributed by atoms with Gasteiger partial charge >= 0.3 is 6.03 Å². The van der Waals surface area contributed by atoms with Crippen LogP contribution >= 0.6 is 0 Å². The highest BCUT2D eigenvalue weighted by Gasteiger charge is 2.21. The summed E-state index contributed by atoms with van der Waals surface area (Å²) in [6.07, 6.45) is 8.94. The summed E-state index contributed by atoms with van der Waals surface area (Å²) in [6, 6.07) is 12.4. The Labute approximate surface area is 161 Å². The first-order valence-electron chi connectivity index (χ1n) is 9.67. The molecular formula is C21H29N5O. The van der Waals surface area contributed by atoms with Crippen LogP contribution in [0.2, 0.25) is 0 Å². The number of rotatable bonds is 7.